The van der Waals surface area contributed by atoms with Gasteiger partial charge in [0, 0.05) is 37.3 Å². The van der Waals surface area contributed by atoms with E-state index in [1.54, 1.807) is 7.11 Å². The first kappa shape index (κ1) is 16.6. The topological polar surface area (TPSA) is 24.5 Å². The minimum absolute atomic E-state index is 0.424. The second kappa shape index (κ2) is 9.48. The fourth-order valence-corrected chi connectivity index (χ4v) is 2.43. The monoisotopic (exact) mass is 328 g/mol. The lowest BCUT2D eigenvalue weighted by Gasteiger charge is -2.21. The molecule has 108 valence electrons. The van der Waals surface area contributed by atoms with Crippen LogP contribution in [-0.4, -0.2) is 45.3 Å². The molecule has 1 aromatic rings. The van der Waals surface area contributed by atoms with Crippen molar-refractivity contribution < 1.29 is 4.74 Å². The molecule has 0 saturated carbocycles. The van der Waals surface area contributed by atoms with Crippen molar-refractivity contribution in [1.29, 1.82) is 0 Å². The highest BCUT2D eigenvalue weighted by atomic mass is 79.9. The van der Waals surface area contributed by atoms with Crippen LogP contribution in [0.1, 0.15) is 24.9 Å². The van der Waals surface area contributed by atoms with Gasteiger partial charge >= 0.3 is 0 Å². The molecule has 0 aromatic heterocycles. The lowest BCUT2D eigenvalue weighted by Crippen LogP contribution is -2.33. The van der Waals surface area contributed by atoms with Gasteiger partial charge in [-0.1, -0.05) is 35.0 Å². The SMILES string of the molecule is CCC(NCCN(C)CCOC)c1cccc(Br)c1. The summed E-state index contributed by atoms with van der Waals surface area (Å²) in [6.07, 6.45) is 1.10. The van der Waals surface area contributed by atoms with Gasteiger partial charge in [-0.15, -0.1) is 0 Å². The first-order valence-electron chi connectivity index (χ1n) is 6.83. The van der Waals surface area contributed by atoms with Crippen molar-refractivity contribution in [2.45, 2.75) is 19.4 Å². The summed E-state index contributed by atoms with van der Waals surface area (Å²) in [6, 6.07) is 8.95. The molecule has 0 bridgehead atoms. The number of nitrogens with one attached hydrogen (secondary N) is 1. The molecule has 1 rings (SSSR count). The molecule has 0 radical (unpaired) electrons. The smallest absolute Gasteiger partial charge is 0.0589 e. The number of nitrogens with zero attached hydrogens (tertiary/aromatic N) is 1. The molecule has 0 saturated heterocycles. The highest BCUT2D eigenvalue weighted by Crippen LogP contribution is 2.20. The zero-order valence-corrected chi connectivity index (χ0v) is 13.7. The maximum absolute atomic E-state index is 5.08. The van der Waals surface area contributed by atoms with Crippen molar-refractivity contribution in [2.24, 2.45) is 0 Å². The van der Waals surface area contributed by atoms with Crippen molar-refractivity contribution in [3.8, 4) is 0 Å². The van der Waals surface area contributed by atoms with Crippen LogP contribution in [0.25, 0.3) is 0 Å². The summed E-state index contributed by atoms with van der Waals surface area (Å²) in [5.41, 5.74) is 1.34. The van der Waals surface area contributed by atoms with Gasteiger partial charge in [-0.2, -0.15) is 0 Å². The molecule has 0 heterocycles. The van der Waals surface area contributed by atoms with Gasteiger partial charge in [-0.25, -0.2) is 0 Å². The number of hydrogen-bond donors (Lipinski definition) is 1. The number of halogens is 1. The summed E-state index contributed by atoms with van der Waals surface area (Å²) in [7, 11) is 3.87. The number of rotatable bonds is 9. The molecular formula is C15H25BrN2O. The predicted octanol–water partition coefficient (Wildman–Crippen LogP) is 3.07. The molecule has 3 nitrogen and oxygen atoms in total. The Morgan fingerprint density at radius 3 is 2.79 bits per heavy atom. The number of benzene rings is 1. The third-order valence-electron chi connectivity index (χ3n) is 3.22. The van der Waals surface area contributed by atoms with E-state index in [9.17, 15) is 0 Å². The molecule has 1 unspecified atom stereocenters. The van der Waals surface area contributed by atoms with Crippen molar-refractivity contribution in [3.05, 3.63) is 34.3 Å². The van der Waals surface area contributed by atoms with Crippen LogP contribution < -0.4 is 5.32 Å². The molecule has 4 heteroatoms. The van der Waals surface area contributed by atoms with Crippen LogP contribution in [0, 0.1) is 0 Å². The minimum atomic E-state index is 0.424. The van der Waals surface area contributed by atoms with Crippen LogP contribution >= 0.6 is 15.9 Å². The van der Waals surface area contributed by atoms with Gasteiger partial charge in [-0.05, 0) is 31.2 Å². The highest BCUT2D eigenvalue weighted by molar-refractivity contribution is 9.10. The average molecular weight is 329 g/mol. The van der Waals surface area contributed by atoms with Gasteiger partial charge in [0.2, 0.25) is 0 Å². The van der Waals surface area contributed by atoms with E-state index in [1.807, 2.05) is 0 Å². The number of ether oxygens (including phenoxy) is 1. The van der Waals surface area contributed by atoms with Gasteiger partial charge in [-0.3, -0.25) is 0 Å². The standard InChI is InChI=1S/C15H25BrN2O/c1-4-15(13-6-5-7-14(16)12-13)17-8-9-18(2)10-11-19-3/h5-7,12,15,17H,4,8-11H2,1-3H3. The Balaban J connectivity index is 2.37. The van der Waals surface area contributed by atoms with Crippen molar-refractivity contribution in [2.75, 3.05) is 40.4 Å². The lowest BCUT2D eigenvalue weighted by atomic mass is 10.0. The van der Waals surface area contributed by atoms with E-state index in [2.05, 4.69) is 64.4 Å². The fourth-order valence-electron chi connectivity index (χ4n) is 2.01. The van der Waals surface area contributed by atoms with Gasteiger partial charge < -0.3 is 15.0 Å². The van der Waals surface area contributed by atoms with Gasteiger partial charge in [0.15, 0.2) is 0 Å². The van der Waals surface area contributed by atoms with Crippen LogP contribution in [0.15, 0.2) is 28.7 Å². The molecule has 1 aromatic carbocycles. The van der Waals surface area contributed by atoms with Gasteiger partial charge in [0.1, 0.15) is 0 Å². The number of methoxy groups -OCH3 is 1. The van der Waals surface area contributed by atoms with Crippen LogP contribution in [0.3, 0.4) is 0 Å². The van der Waals surface area contributed by atoms with Crippen LogP contribution in [-0.2, 0) is 4.74 Å². The van der Waals surface area contributed by atoms with E-state index in [0.29, 0.717) is 6.04 Å². The molecular weight excluding hydrogens is 304 g/mol. The third kappa shape index (κ3) is 6.52. The first-order chi connectivity index (χ1) is 9.17. The maximum atomic E-state index is 5.08. The Hall–Kier alpha value is -0.420. The Labute approximate surface area is 125 Å². The zero-order chi connectivity index (χ0) is 14.1. The largest absolute Gasteiger partial charge is 0.383 e. The van der Waals surface area contributed by atoms with E-state index in [4.69, 9.17) is 4.74 Å². The van der Waals surface area contributed by atoms with E-state index in [-0.39, 0.29) is 0 Å². The average Bonchev–Trinajstić information content (AvgIpc) is 2.41. The summed E-state index contributed by atoms with van der Waals surface area (Å²) >= 11 is 3.53. The molecule has 0 amide bonds. The molecule has 0 aliphatic carbocycles. The van der Waals surface area contributed by atoms with Crippen molar-refractivity contribution >= 4 is 15.9 Å². The molecule has 19 heavy (non-hydrogen) atoms. The number of hydrogen-bond acceptors (Lipinski definition) is 3. The predicted molar refractivity (Wildman–Crippen MR) is 84.5 cm³/mol. The van der Waals surface area contributed by atoms with Crippen molar-refractivity contribution in [3.63, 3.8) is 0 Å². The molecule has 0 spiro atoms. The molecule has 1 atom stereocenters. The molecule has 1 N–H and O–H groups in total. The zero-order valence-electron chi connectivity index (χ0n) is 12.2. The van der Waals surface area contributed by atoms with E-state index >= 15 is 0 Å². The summed E-state index contributed by atoms with van der Waals surface area (Å²) < 4.78 is 6.22. The summed E-state index contributed by atoms with van der Waals surface area (Å²) in [4.78, 5) is 2.28. The highest BCUT2D eigenvalue weighted by Gasteiger charge is 2.08. The van der Waals surface area contributed by atoms with Gasteiger partial charge in [0.05, 0.1) is 6.61 Å². The maximum Gasteiger partial charge on any atom is 0.0589 e. The summed E-state index contributed by atoms with van der Waals surface area (Å²) in [5, 5.41) is 3.62. The molecule has 0 aliphatic heterocycles. The lowest BCUT2D eigenvalue weighted by molar-refractivity contribution is 0.161. The third-order valence-corrected chi connectivity index (χ3v) is 3.71. The fraction of sp³-hybridized carbons (Fsp3) is 0.600. The summed E-state index contributed by atoms with van der Waals surface area (Å²) in [6.45, 7) is 6.01. The Morgan fingerprint density at radius 1 is 1.37 bits per heavy atom. The quantitative estimate of drug-likeness (QED) is 0.754. The van der Waals surface area contributed by atoms with Gasteiger partial charge in [0.25, 0.3) is 0 Å². The number of likely N-dealkylation sites (N-methyl/N-ethyl adjacent to an activating group) is 1. The second-order valence-electron chi connectivity index (χ2n) is 4.77. The second-order valence-corrected chi connectivity index (χ2v) is 5.68. The van der Waals surface area contributed by atoms with Crippen LogP contribution in [0.5, 0.6) is 0 Å². The normalized spacial score (nSPS) is 12.9. The summed E-state index contributed by atoms with van der Waals surface area (Å²) in [5.74, 6) is 0. The Morgan fingerprint density at radius 2 is 2.16 bits per heavy atom. The van der Waals surface area contributed by atoms with Crippen LogP contribution in [0.4, 0.5) is 0 Å². The Kier molecular flexibility index (Phi) is 8.30. The van der Waals surface area contributed by atoms with E-state index < -0.39 is 0 Å². The first-order valence-corrected chi connectivity index (χ1v) is 7.63. The molecule has 0 fully saturated rings. The van der Waals surface area contributed by atoms with E-state index in [0.717, 1.165) is 37.1 Å². The molecule has 0 aliphatic rings. The minimum Gasteiger partial charge on any atom is -0.383 e. The van der Waals surface area contributed by atoms with Crippen molar-refractivity contribution in [1.82, 2.24) is 10.2 Å². The van der Waals surface area contributed by atoms with E-state index in [1.165, 1.54) is 5.56 Å². The van der Waals surface area contributed by atoms with Crippen LogP contribution in [0.2, 0.25) is 0 Å². The Bertz CT molecular complexity index is 360.